The first kappa shape index (κ1) is 14.8. The van der Waals surface area contributed by atoms with Crippen molar-refractivity contribution in [2.75, 3.05) is 13.1 Å². The van der Waals surface area contributed by atoms with E-state index in [1.54, 1.807) is 0 Å². The molecule has 2 rings (SSSR count). The summed E-state index contributed by atoms with van der Waals surface area (Å²) in [7, 11) is 0. The Kier molecular flexibility index (Phi) is 4.62. The average Bonchev–Trinajstić information content (AvgIpc) is 2.84. The molecule has 1 saturated heterocycles. The Morgan fingerprint density at radius 3 is 2.80 bits per heavy atom. The first-order chi connectivity index (χ1) is 9.49. The quantitative estimate of drug-likeness (QED) is 0.867. The highest BCUT2D eigenvalue weighted by Crippen LogP contribution is 2.15. The number of carbonyl (C=O) groups is 2. The molecule has 0 radical (unpaired) electrons. The van der Waals surface area contributed by atoms with Crippen molar-refractivity contribution in [2.24, 2.45) is 0 Å². The zero-order chi connectivity index (χ0) is 14.7. The van der Waals surface area contributed by atoms with Crippen molar-refractivity contribution in [3.8, 4) is 0 Å². The maximum atomic E-state index is 12.2. The van der Waals surface area contributed by atoms with Gasteiger partial charge in [-0.05, 0) is 26.0 Å². The van der Waals surface area contributed by atoms with Gasteiger partial charge in [0.25, 0.3) is 5.91 Å². The van der Waals surface area contributed by atoms with Gasteiger partial charge in [-0.3, -0.25) is 9.69 Å². The molecule has 6 heteroatoms. The van der Waals surface area contributed by atoms with E-state index in [4.69, 9.17) is 11.6 Å². The summed E-state index contributed by atoms with van der Waals surface area (Å²) in [6.45, 7) is 4.80. The number of halogens is 1. The fourth-order valence-electron chi connectivity index (χ4n) is 2.34. The monoisotopic (exact) mass is 296 g/mol. The van der Waals surface area contributed by atoms with Gasteiger partial charge in [0.1, 0.15) is 6.04 Å². The minimum Gasteiger partial charge on any atom is -0.336 e. The minimum absolute atomic E-state index is 0.0957. The summed E-state index contributed by atoms with van der Waals surface area (Å²) in [5.41, 5.74) is 1.06. The van der Waals surface area contributed by atoms with Crippen LogP contribution in [0.3, 0.4) is 0 Å². The van der Waals surface area contributed by atoms with E-state index in [9.17, 15) is 9.59 Å². The number of benzene rings is 1. The molecule has 20 heavy (non-hydrogen) atoms. The van der Waals surface area contributed by atoms with E-state index in [0.29, 0.717) is 18.1 Å². The highest BCUT2D eigenvalue weighted by molar-refractivity contribution is 6.30. The number of hydrogen-bond acceptors (Lipinski definition) is 2. The molecule has 0 aliphatic carbocycles. The van der Waals surface area contributed by atoms with E-state index in [2.05, 4.69) is 5.32 Å². The molecule has 1 aliphatic rings. The van der Waals surface area contributed by atoms with E-state index in [0.717, 1.165) is 5.56 Å². The van der Waals surface area contributed by atoms with Crippen LogP contribution in [-0.4, -0.2) is 36.0 Å². The van der Waals surface area contributed by atoms with E-state index >= 15 is 0 Å². The van der Waals surface area contributed by atoms with Crippen LogP contribution < -0.4 is 10.6 Å². The molecule has 1 heterocycles. The Balaban J connectivity index is 1.98. The van der Waals surface area contributed by atoms with Gasteiger partial charge in [-0.15, -0.1) is 0 Å². The lowest BCUT2D eigenvalue weighted by Crippen LogP contribution is -2.92. The van der Waals surface area contributed by atoms with Gasteiger partial charge in [0, 0.05) is 23.7 Å². The molecule has 1 aromatic rings. The van der Waals surface area contributed by atoms with Crippen molar-refractivity contribution in [1.82, 2.24) is 10.2 Å². The third-order valence-electron chi connectivity index (χ3n) is 3.46. The molecule has 0 aromatic heterocycles. The van der Waals surface area contributed by atoms with Crippen LogP contribution >= 0.6 is 11.6 Å². The highest BCUT2D eigenvalue weighted by atomic mass is 35.5. The van der Waals surface area contributed by atoms with Gasteiger partial charge in [-0.2, -0.15) is 0 Å². The Bertz CT molecular complexity index is 521. The van der Waals surface area contributed by atoms with Crippen LogP contribution in [0, 0.1) is 0 Å². The average molecular weight is 297 g/mol. The van der Waals surface area contributed by atoms with Gasteiger partial charge in [-0.25, -0.2) is 4.79 Å². The summed E-state index contributed by atoms with van der Waals surface area (Å²) in [5, 5.41) is 5.26. The molecule has 1 aliphatic heterocycles. The maximum absolute atomic E-state index is 12.2. The lowest BCUT2D eigenvalue weighted by molar-refractivity contribution is -0.710. The molecule has 0 saturated carbocycles. The van der Waals surface area contributed by atoms with Crippen LogP contribution in [0.4, 0.5) is 4.79 Å². The van der Waals surface area contributed by atoms with Crippen LogP contribution in [0.5, 0.6) is 0 Å². The van der Waals surface area contributed by atoms with E-state index in [1.165, 1.54) is 4.90 Å². The van der Waals surface area contributed by atoms with Gasteiger partial charge >= 0.3 is 6.03 Å². The number of quaternary nitrogens is 1. The number of amides is 3. The van der Waals surface area contributed by atoms with E-state index in [-0.39, 0.29) is 24.0 Å². The van der Waals surface area contributed by atoms with Crippen LogP contribution in [0.1, 0.15) is 25.5 Å². The number of urea groups is 1. The molecule has 0 spiro atoms. The summed E-state index contributed by atoms with van der Waals surface area (Å²) < 4.78 is 0. The van der Waals surface area contributed by atoms with Crippen LogP contribution in [-0.2, 0) is 4.79 Å². The highest BCUT2D eigenvalue weighted by Gasteiger charge is 2.32. The van der Waals surface area contributed by atoms with Crippen LogP contribution in [0.25, 0.3) is 0 Å². The first-order valence-electron chi connectivity index (χ1n) is 6.68. The molecule has 1 fully saturated rings. The zero-order valence-electron chi connectivity index (χ0n) is 11.6. The third-order valence-corrected chi connectivity index (χ3v) is 3.70. The fraction of sp³-hybridized carbons (Fsp3) is 0.429. The Morgan fingerprint density at radius 2 is 2.20 bits per heavy atom. The first-order valence-corrected chi connectivity index (χ1v) is 7.06. The Morgan fingerprint density at radius 1 is 1.45 bits per heavy atom. The molecule has 5 nitrogen and oxygen atoms in total. The maximum Gasteiger partial charge on any atom is 0.324 e. The van der Waals surface area contributed by atoms with Crippen molar-refractivity contribution >= 4 is 23.5 Å². The third kappa shape index (κ3) is 3.29. The van der Waals surface area contributed by atoms with Gasteiger partial charge in [-0.1, -0.05) is 23.7 Å². The molecule has 1 aromatic carbocycles. The number of nitrogens with zero attached hydrogens (tertiary/aromatic N) is 1. The summed E-state index contributed by atoms with van der Waals surface area (Å²) in [5.74, 6) is -0.158. The number of nitrogens with one attached hydrogen (secondary N) is 1. The molecule has 108 valence electrons. The number of rotatable bonds is 4. The van der Waals surface area contributed by atoms with Crippen molar-refractivity contribution in [3.63, 3.8) is 0 Å². The number of hydrogen-bond donors (Lipinski definition) is 2. The minimum atomic E-state index is -0.312. The van der Waals surface area contributed by atoms with Gasteiger partial charge in [0.05, 0.1) is 0 Å². The van der Waals surface area contributed by atoms with Crippen LogP contribution in [0.2, 0.25) is 5.02 Å². The SMILES string of the molecule is C[C@H]([NH2+][C@@H](C)c1cccc(Cl)c1)C(=O)N1CCNC1=O. The van der Waals surface area contributed by atoms with Crippen molar-refractivity contribution in [3.05, 3.63) is 34.9 Å². The van der Waals surface area contributed by atoms with Crippen LogP contribution in [0.15, 0.2) is 24.3 Å². The smallest absolute Gasteiger partial charge is 0.324 e. The Labute approximate surface area is 123 Å². The topological polar surface area (TPSA) is 66.0 Å². The second-order valence-electron chi connectivity index (χ2n) is 5.05. The molecular weight excluding hydrogens is 278 g/mol. The molecule has 0 unspecified atom stereocenters. The van der Waals surface area contributed by atoms with Crippen molar-refractivity contribution in [2.45, 2.75) is 25.9 Å². The zero-order valence-corrected chi connectivity index (χ0v) is 12.4. The summed E-state index contributed by atoms with van der Waals surface area (Å²) in [6.07, 6.45) is 0. The lowest BCUT2D eigenvalue weighted by atomic mass is 10.1. The molecular formula is C14H19ClN3O2+. The van der Waals surface area contributed by atoms with E-state index in [1.807, 2.05) is 43.4 Å². The summed E-state index contributed by atoms with van der Waals surface area (Å²) in [4.78, 5) is 25.0. The second-order valence-corrected chi connectivity index (χ2v) is 5.48. The fourth-order valence-corrected chi connectivity index (χ4v) is 2.54. The van der Waals surface area contributed by atoms with E-state index < -0.39 is 0 Å². The summed E-state index contributed by atoms with van der Waals surface area (Å²) >= 11 is 5.97. The molecule has 3 amide bonds. The second kappa shape index (κ2) is 6.24. The number of imide groups is 1. The Hall–Kier alpha value is -1.59. The molecule has 3 N–H and O–H groups in total. The predicted octanol–water partition coefficient (Wildman–Crippen LogP) is 0.905. The molecule has 2 atom stereocenters. The lowest BCUT2D eigenvalue weighted by Gasteiger charge is -2.20. The predicted molar refractivity (Wildman–Crippen MR) is 76.4 cm³/mol. The van der Waals surface area contributed by atoms with Crippen molar-refractivity contribution < 1.29 is 14.9 Å². The summed E-state index contributed by atoms with van der Waals surface area (Å²) in [6, 6.07) is 7.07. The van der Waals surface area contributed by atoms with Gasteiger partial charge in [0.2, 0.25) is 0 Å². The van der Waals surface area contributed by atoms with Gasteiger partial charge in [0.15, 0.2) is 6.04 Å². The standard InChI is InChI=1S/C14H18ClN3O2/c1-9(11-4-3-5-12(15)8-11)17-10(2)13(19)18-7-6-16-14(18)20/h3-5,8-10,17H,6-7H2,1-2H3,(H,16,20)/p+1/t9-,10-/m0/s1. The largest absolute Gasteiger partial charge is 0.336 e. The van der Waals surface area contributed by atoms with Crippen molar-refractivity contribution in [1.29, 1.82) is 0 Å². The number of nitrogens with two attached hydrogens (primary N) is 1. The molecule has 0 bridgehead atoms. The number of carbonyl (C=O) groups excluding carboxylic acids is 2. The van der Waals surface area contributed by atoms with Gasteiger partial charge < -0.3 is 10.6 Å². The normalized spacial score (nSPS) is 17.8.